The molecule has 0 aliphatic rings. The minimum absolute atomic E-state index is 0.0628. The number of Topliss-reactive ketones (excluding diaryl/α,β-unsaturated/α-hetero) is 1. The zero-order chi connectivity index (χ0) is 17.4. The van der Waals surface area contributed by atoms with E-state index in [0.717, 1.165) is 10.5 Å². The fourth-order valence-corrected chi connectivity index (χ4v) is 2.69. The van der Waals surface area contributed by atoms with E-state index in [0.29, 0.717) is 11.8 Å². The van der Waals surface area contributed by atoms with Gasteiger partial charge in [-0.05, 0) is 37.3 Å². The fraction of sp³-hybridized carbons (Fsp3) is 0.0588. The van der Waals surface area contributed by atoms with Crippen molar-refractivity contribution in [3.8, 4) is 0 Å². The summed E-state index contributed by atoms with van der Waals surface area (Å²) in [4.78, 5) is 27.1. The third kappa shape index (κ3) is 2.94. The SMILES string of the molecule is CC(=O)c1c(Nc2ccc(Br)cc2)[nH]c2c(F)cc(F)cc2c1=O. The molecule has 0 aliphatic carbocycles. The molecule has 0 amide bonds. The Morgan fingerprint density at radius 1 is 1.17 bits per heavy atom. The van der Waals surface area contributed by atoms with Gasteiger partial charge in [0.2, 0.25) is 5.43 Å². The summed E-state index contributed by atoms with van der Waals surface area (Å²) < 4.78 is 28.3. The lowest BCUT2D eigenvalue weighted by molar-refractivity contribution is 0.101. The molecule has 2 aromatic carbocycles. The number of H-pyrrole nitrogens is 1. The average Bonchev–Trinajstić information content (AvgIpc) is 2.50. The molecule has 0 fully saturated rings. The average molecular weight is 393 g/mol. The molecular formula is C17H11BrF2N2O2. The van der Waals surface area contributed by atoms with E-state index in [1.807, 2.05) is 0 Å². The highest BCUT2D eigenvalue weighted by Crippen LogP contribution is 2.24. The predicted molar refractivity (Wildman–Crippen MR) is 91.9 cm³/mol. The highest BCUT2D eigenvalue weighted by molar-refractivity contribution is 9.10. The van der Waals surface area contributed by atoms with Crippen LogP contribution in [-0.4, -0.2) is 10.8 Å². The second-order valence-corrected chi connectivity index (χ2v) is 6.12. The van der Waals surface area contributed by atoms with Crippen molar-refractivity contribution in [2.24, 2.45) is 0 Å². The van der Waals surface area contributed by atoms with Crippen molar-refractivity contribution in [2.45, 2.75) is 6.92 Å². The number of hydrogen-bond donors (Lipinski definition) is 2. The first-order valence-electron chi connectivity index (χ1n) is 6.95. The molecule has 2 N–H and O–H groups in total. The maximum absolute atomic E-state index is 14.0. The van der Waals surface area contributed by atoms with Crippen molar-refractivity contribution in [1.82, 2.24) is 4.98 Å². The number of aromatic amines is 1. The summed E-state index contributed by atoms with van der Waals surface area (Å²) in [5.41, 5.74) is -0.478. The Kier molecular flexibility index (Phi) is 4.19. The highest BCUT2D eigenvalue weighted by Gasteiger charge is 2.18. The summed E-state index contributed by atoms with van der Waals surface area (Å²) in [5.74, 6) is -2.24. The van der Waals surface area contributed by atoms with Crippen molar-refractivity contribution in [1.29, 1.82) is 0 Å². The molecule has 4 nitrogen and oxygen atoms in total. The fourth-order valence-electron chi connectivity index (χ4n) is 2.42. The first-order chi connectivity index (χ1) is 11.4. The molecule has 0 radical (unpaired) electrons. The molecule has 1 heterocycles. The number of aromatic nitrogens is 1. The van der Waals surface area contributed by atoms with Crippen molar-refractivity contribution in [2.75, 3.05) is 5.32 Å². The van der Waals surface area contributed by atoms with Gasteiger partial charge in [0.1, 0.15) is 23.0 Å². The summed E-state index contributed by atoms with van der Waals surface area (Å²) in [7, 11) is 0. The number of ketones is 1. The van der Waals surface area contributed by atoms with E-state index in [1.165, 1.54) is 6.92 Å². The van der Waals surface area contributed by atoms with Crippen LogP contribution < -0.4 is 10.7 Å². The number of pyridine rings is 1. The summed E-state index contributed by atoms with van der Waals surface area (Å²) >= 11 is 3.30. The Morgan fingerprint density at radius 3 is 2.46 bits per heavy atom. The molecule has 24 heavy (non-hydrogen) atoms. The van der Waals surface area contributed by atoms with Gasteiger partial charge in [0, 0.05) is 16.2 Å². The zero-order valence-corrected chi connectivity index (χ0v) is 14.0. The quantitative estimate of drug-likeness (QED) is 0.644. The first-order valence-corrected chi connectivity index (χ1v) is 7.74. The van der Waals surface area contributed by atoms with Gasteiger partial charge in [-0.3, -0.25) is 9.59 Å². The van der Waals surface area contributed by atoms with Gasteiger partial charge in [-0.25, -0.2) is 8.78 Å². The lowest BCUT2D eigenvalue weighted by Gasteiger charge is -2.12. The largest absolute Gasteiger partial charge is 0.341 e. The van der Waals surface area contributed by atoms with Crippen LogP contribution in [0.1, 0.15) is 17.3 Å². The van der Waals surface area contributed by atoms with Gasteiger partial charge in [0.25, 0.3) is 0 Å². The van der Waals surface area contributed by atoms with Crippen molar-refractivity contribution < 1.29 is 13.6 Å². The van der Waals surface area contributed by atoms with Gasteiger partial charge < -0.3 is 10.3 Å². The molecule has 122 valence electrons. The van der Waals surface area contributed by atoms with Gasteiger partial charge in [0.05, 0.1) is 10.9 Å². The standard InChI is InChI=1S/C17H11BrF2N2O2/c1-8(23)14-16(24)12-6-10(19)7-13(20)15(12)22-17(14)21-11-4-2-9(18)3-5-11/h2-7H,1H3,(H2,21,22,24). The Morgan fingerprint density at radius 2 is 1.83 bits per heavy atom. The third-order valence-electron chi connectivity index (χ3n) is 3.49. The van der Waals surface area contributed by atoms with Crippen molar-refractivity contribution in [3.05, 3.63) is 68.3 Å². The Hall–Kier alpha value is -2.54. The van der Waals surface area contributed by atoms with E-state index in [1.54, 1.807) is 24.3 Å². The van der Waals surface area contributed by atoms with Crippen LogP contribution in [0.4, 0.5) is 20.3 Å². The number of benzene rings is 2. The van der Waals surface area contributed by atoms with Crippen LogP contribution >= 0.6 is 15.9 Å². The molecule has 0 saturated carbocycles. The number of hydrogen-bond acceptors (Lipinski definition) is 3. The van der Waals surface area contributed by atoms with Crippen LogP contribution in [0.5, 0.6) is 0 Å². The smallest absolute Gasteiger partial charge is 0.202 e. The molecule has 0 bridgehead atoms. The van der Waals surface area contributed by atoms with Crippen LogP contribution in [-0.2, 0) is 0 Å². The topological polar surface area (TPSA) is 62.0 Å². The van der Waals surface area contributed by atoms with E-state index in [4.69, 9.17) is 0 Å². The molecule has 1 aromatic heterocycles. The normalized spacial score (nSPS) is 10.8. The van der Waals surface area contributed by atoms with E-state index in [-0.39, 0.29) is 22.3 Å². The minimum atomic E-state index is -0.906. The number of fused-ring (bicyclic) bond motifs is 1. The maximum Gasteiger partial charge on any atom is 0.202 e. The number of rotatable bonds is 3. The summed E-state index contributed by atoms with van der Waals surface area (Å²) in [6.45, 7) is 1.22. The van der Waals surface area contributed by atoms with Gasteiger partial charge in [0.15, 0.2) is 5.78 Å². The Bertz CT molecular complexity index is 1010. The lowest BCUT2D eigenvalue weighted by Crippen LogP contribution is -2.18. The number of halogens is 3. The summed E-state index contributed by atoms with van der Waals surface area (Å²) in [6, 6.07) is 8.56. The summed E-state index contributed by atoms with van der Waals surface area (Å²) in [6.07, 6.45) is 0. The molecular weight excluding hydrogens is 382 g/mol. The molecule has 0 unspecified atom stereocenters. The van der Waals surface area contributed by atoms with Gasteiger partial charge in [-0.15, -0.1) is 0 Å². The zero-order valence-electron chi connectivity index (χ0n) is 12.4. The van der Waals surface area contributed by atoms with Crippen molar-refractivity contribution >= 4 is 44.1 Å². The molecule has 0 atom stereocenters. The minimum Gasteiger partial charge on any atom is -0.341 e. The lowest BCUT2D eigenvalue weighted by atomic mass is 10.1. The van der Waals surface area contributed by atoms with Crippen molar-refractivity contribution in [3.63, 3.8) is 0 Å². The van der Waals surface area contributed by atoms with Crippen LogP contribution in [0.15, 0.2) is 45.7 Å². The van der Waals surface area contributed by atoms with E-state index in [2.05, 4.69) is 26.2 Å². The van der Waals surface area contributed by atoms with Gasteiger partial charge in [-0.2, -0.15) is 0 Å². The monoisotopic (exact) mass is 392 g/mol. The molecule has 0 saturated heterocycles. The highest BCUT2D eigenvalue weighted by atomic mass is 79.9. The Labute approximate surface area is 143 Å². The Balaban J connectivity index is 2.26. The van der Waals surface area contributed by atoms with E-state index < -0.39 is 22.8 Å². The molecule has 3 rings (SSSR count). The number of carbonyl (C=O) groups is 1. The molecule has 0 aliphatic heterocycles. The number of nitrogens with one attached hydrogen (secondary N) is 2. The van der Waals surface area contributed by atoms with E-state index in [9.17, 15) is 18.4 Å². The summed E-state index contributed by atoms with van der Waals surface area (Å²) in [5, 5.41) is 2.69. The van der Waals surface area contributed by atoms with Gasteiger partial charge >= 0.3 is 0 Å². The van der Waals surface area contributed by atoms with Crippen LogP contribution in [0.2, 0.25) is 0 Å². The third-order valence-corrected chi connectivity index (χ3v) is 4.02. The predicted octanol–water partition coefficient (Wildman–Crippen LogP) is 4.52. The van der Waals surface area contributed by atoms with Crippen LogP contribution in [0.25, 0.3) is 10.9 Å². The van der Waals surface area contributed by atoms with Crippen LogP contribution in [0.3, 0.4) is 0 Å². The maximum atomic E-state index is 14.0. The molecule has 0 spiro atoms. The second-order valence-electron chi connectivity index (χ2n) is 5.20. The second kappa shape index (κ2) is 6.16. The van der Waals surface area contributed by atoms with E-state index >= 15 is 0 Å². The first kappa shape index (κ1) is 16.3. The molecule has 3 aromatic rings. The number of carbonyl (C=O) groups excluding carboxylic acids is 1. The van der Waals surface area contributed by atoms with Gasteiger partial charge in [-0.1, -0.05) is 15.9 Å². The molecule has 7 heteroatoms. The number of anilines is 2. The van der Waals surface area contributed by atoms with Crippen LogP contribution in [0, 0.1) is 11.6 Å².